The van der Waals surface area contributed by atoms with Gasteiger partial charge in [0, 0.05) is 26.7 Å². The minimum absolute atomic E-state index is 0.906. The van der Waals surface area contributed by atoms with Gasteiger partial charge >= 0.3 is 0 Å². The van der Waals surface area contributed by atoms with Crippen LogP contribution in [-0.2, 0) is 4.74 Å². The summed E-state index contributed by atoms with van der Waals surface area (Å²) < 4.78 is 5.24. The standard InChI is InChI=1S/C8H17N2O/c1-9-3-2-4-10-5-7-11-8-6-10/h2-8H2,1H3. The number of rotatable bonds is 4. The zero-order valence-electron chi connectivity index (χ0n) is 7.25. The van der Waals surface area contributed by atoms with Gasteiger partial charge in [0.2, 0.25) is 0 Å². The largest absolute Gasteiger partial charge is 0.379 e. The molecule has 1 saturated heterocycles. The average Bonchev–Trinajstić information content (AvgIpc) is 2.07. The van der Waals surface area contributed by atoms with Gasteiger partial charge in [0.15, 0.2) is 0 Å². The van der Waals surface area contributed by atoms with Gasteiger partial charge in [-0.2, -0.15) is 0 Å². The van der Waals surface area contributed by atoms with Crippen LogP contribution in [0.5, 0.6) is 0 Å². The third-order valence-electron chi connectivity index (χ3n) is 1.96. The fraction of sp³-hybridized carbons (Fsp3) is 1.00. The highest BCUT2D eigenvalue weighted by atomic mass is 16.5. The van der Waals surface area contributed by atoms with E-state index in [0.717, 1.165) is 32.8 Å². The van der Waals surface area contributed by atoms with Crippen LogP contribution >= 0.6 is 0 Å². The molecule has 1 fully saturated rings. The van der Waals surface area contributed by atoms with Gasteiger partial charge in [-0.3, -0.25) is 4.90 Å². The van der Waals surface area contributed by atoms with Gasteiger partial charge in [-0.1, -0.05) is 0 Å². The molecular weight excluding hydrogens is 140 g/mol. The summed E-state index contributed by atoms with van der Waals surface area (Å²) in [5.74, 6) is 0. The highest BCUT2D eigenvalue weighted by Crippen LogP contribution is 1.96. The lowest BCUT2D eigenvalue weighted by atomic mass is 10.3. The first-order valence-electron chi connectivity index (χ1n) is 4.29. The van der Waals surface area contributed by atoms with Crippen LogP contribution in [0.3, 0.4) is 0 Å². The van der Waals surface area contributed by atoms with Crippen molar-refractivity contribution in [3.05, 3.63) is 0 Å². The second-order valence-electron chi connectivity index (χ2n) is 2.85. The highest BCUT2D eigenvalue weighted by Gasteiger charge is 2.08. The highest BCUT2D eigenvalue weighted by molar-refractivity contribution is 4.61. The van der Waals surface area contributed by atoms with Crippen molar-refractivity contribution in [3.8, 4) is 0 Å². The Morgan fingerprint density at radius 2 is 2.09 bits per heavy atom. The molecule has 0 amide bonds. The molecule has 1 radical (unpaired) electrons. The van der Waals surface area contributed by atoms with E-state index in [2.05, 4.69) is 10.2 Å². The minimum Gasteiger partial charge on any atom is -0.379 e. The monoisotopic (exact) mass is 157 g/mol. The molecule has 1 aliphatic rings. The van der Waals surface area contributed by atoms with Crippen molar-refractivity contribution in [3.63, 3.8) is 0 Å². The predicted octanol–water partition coefficient (Wildman–Crippen LogP) is -0.0571. The maximum absolute atomic E-state index is 5.24. The van der Waals surface area contributed by atoms with Crippen LogP contribution < -0.4 is 5.32 Å². The molecule has 0 aromatic rings. The average molecular weight is 157 g/mol. The lowest BCUT2D eigenvalue weighted by Gasteiger charge is -2.26. The summed E-state index contributed by atoms with van der Waals surface area (Å²) in [6.07, 6.45) is 1.19. The van der Waals surface area contributed by atoms with Gasteiger partial charge in [-0.15, -0.1) is 0 Å². The van der Waals surface area contributed by atoms with Crippen molar-refractivity contribution in [2.45, 2.75) is 6.42 Å². The van der Waals surface area contributed by atoms with Crippen molar-refractivity contribution in [2.75, 3.05) is 46.4 Å². The first-order chi connectivity index (χ1) is 5.43. The molecule has 0 N–H and O–H groups in total. The Kier molecular flexibility index (Phi) is 4.50. The maximum atomic E-state index is 5.24. The van der Waals surface area contributed by atoms with E-state index in [4.69, 9.17) is 4.74 Å². The number of nitrogens with zero attached hydrogens (tertiary/aromatic N) is 2. The fourth-order valence-corrected chi connectivity index (χ4v) is 1.28. The van der Waals surface area contributed by atoms with Crippen molar-refractivity contribution >= 4 is 0 Å². The Hall–Kier alpha value is -0.120. The van der Waals surface area contributed by atoms with E-state index in [9.17, 15) is 0 Å². The smallest absolute Gasteiger partial charge is 0.0594 e. The first kappa shape index (κ1) is 8.97. The number of ether oxygens (including phenoxy) is 1. The Morgan fingerprint density at radius 3 is 2.73 bits per heavy atom. The molecule has 0 aromatic heterocycles. The topological polar surface area (TPSA) is 26.6 Å². The van der Waals surface area contributed by atoms with Gasteiger partial charge < -0.3 is 4.74 Å². The maximum Gasteiger partial charge on any atom is 0.0594 e. The molecule has 1 rings (SSSR count). The Bertz CT molecular complexity index is 92.1. The summed E-state index contributed by atoms with van der Waals surface area (Å²) in [5.41, 5.74) is 0. The summed E-state index contributed by atoms with van der Waals surface area (Å²) in [6.45, 7) is 6.19. The molecule has 11 heavy (non-hydrogen) atoms. The fourth-order valence-electron chi connectivity index (χ4n) is 1.28. The zero-order valence-corrected chi connectivity index (χ0v) is 7.25. The van der Waals surface area contributed by atoms with Gasteiger partial charge in [-0.05, 0) is 13.0 Å². The molecule has 1 heterocycles. The molecule has 0 unspecified atom stereocenters. The summed E-state index contributed by atoms with van der Waals surface area (Å²) in [7, 11) is 1.87. The van der Waals surface area contributed by atoms with Crippen LogP contribution in [0.4, 0.5) is 0 Å². The van der Waals surface area contributed by atoms with E-state index < -0.39 is 0 Å². The second kappa shape index (κ2) is 5.52. The lowest BCUT2D eigenvalue weighted by molar-refractivity contribution is 0.0375. The van der Waals surface area contributed by atoms with E-state index in [1.165, 1.54) is 13.0 Å². The summed E-state index contributed by atoms with van der Waals surface area (Å²) in [4.78, 5) is 2.44. The van der Waals surface area contributed by atoms with Crippen molar-refractivity contribution < 1.29 is 4.74 Å². The quantitative estimate of drug-likeness (QED) is 0.535. The molecule has 3 heteroatoms. The first-order valence-corrected chi connectivity index (χ1v) is 4.29. The molecule has 3 nitrogen and oxygen atoms in total. The minimum atomic E-state index is 0.906. The summed E-state index contributed by atoms with van der Waals surface area (Å²) >= 11 is 0. The Morgan fingerprint density at radius 1 is 1.36 bits per heavy atom. The third-order valence-corrected chi connectivity index (χ3v) is 1.96. The Labute approximate surface area is 68.7 Å². The van der Waals surface area contributed by atoms with Gasteiger partial charge in [0.25, 0.3) is 0 Å². The number of morpholine rings is 1. The molecule has 0 saturated carbocycles. The van der Waals surface area contributed by atoms with Gasteiger partial charge in [-0.25, -0.2) is 5.32 Å². The van der Waals surface area contributed by atoms with Crippen molar-refractivity contribution in [1.29, 1.82) is 0 Å². The summed E-state index contributed by atoms with van der Waals surface area (Å²) in [6, 6.07) is 0. The van der Waals surface area contributed by atoms with E-state index in [1.807, 2.05) is 7.05 Å². The van der Waals surface area contributed by atoms with Crippen LogP contribution in [0.1, 0.15) is 6.42 Å². The molecule has 0 aromatic carbocycles. The van der Waals surface area contributed by atoms with Crippen LogP contribution in [0.15, 0.2) is 0 Å². The SMILES string of the molecule is C[N]CCCN1CCOCC1. The predicted molar refractivity (Wildman–Crippen MR) is 44.8 cm³/mol. The molecule has 0 spiro atoms. The van der Waals surface area contributed by atoms with Crippen LogP contribution in [0, 0.1) is 0 Å². The second-order valence-corrected chi connectivity index (χ2v) is 2.85. The van der Waals surface area contributed by atoms with Crippen molar-refractivity contribution in [2.24, 2.45) is 0 Å². The Balaban J connectivity index is 1.96. The molecule has 0 aliphatic carbocycles. The van der Waals surface area contributed by atoms with Gasteiger partial charge in [0.05, 0.1) is 13.2 Å². The van der Waals surface area contributed by atoms with E-state index in [0.29, 0.717) is 0 Å². The van der Waals surface area contributed by atoms with E-state index in [-0.39, 0.29) is 0 Å². The molecule has 0 bridgehead atoms. The normalized spacial score (nSPS) is 20.5. The zero-order chi connectivity index (χ0) is 7.94. The van der Waals surface area contributed by atoms with Crippen molar-refractivity contribution in [1.82, 2.24) is 10.2 Å². The van der Waals surface area contributed by atoms with E-state index >= 15 is 0 Å². The summed E-state index contributed by atoms with van der Waals surface area (Å²) in [5, 5.41) is 4.06. The van der Waals surface area contributed by atoms with E-state index in [1.54, 1.807) is 0 Å². The molecule has 0 atom stereocenters. The number of hydrogen-bond donors (Lipinski definition) is 0. The van der Waals surface area contributed by atoms with Crippen LogP contribution in [-0.4, -0.2) is 51.3 Å². The molecule has 65 valence electrons. The number of hydrogen-bond acceptors (Lipinski definition) is 2. The lowest BCUT2D eigenvalue weighted by Crippen LogP contribution is -2.37. The molecular formula is C8H17N2O. The molecule has 1 aliphatic heterocycles. The van der Waals surface area contributed by atoms with Gasteiger partial charge in [0.1, 0.15) is 0 Å². The third kappa shape index (κ3) is 3.70. The van der Waals surface area contributed by atoms with Crippen LogP contribution in [0.25, 0.3) is 0 Å². The van der Waals surface area contributed by atoms with Crippen LogP contribution in [0.2, 0.25) is 0 Å².